The van der Waals surface area contributed by atoms with Crippen LogP contribution in [-0.4, -0.2) is 34.5 Å². The van der Waals surface area contributed by atoms with Gasteiger partial charge in [-0.05, 0) is 59.4 Å². The number of hydrogen-bond acceptors (Lipinski definition) is 4. The van der Waals surface area contributed by atoms with Gasteiger partial charge in [-0.15, -0.1) is 0 Å². The zero-order valence-electron chi connectivity index (χ0n) is 14.5. The average Bonchev–Trinajstić information content (AvgIpc) is 2.74. The summed E-state index contributed by atoms with van der Waals surface area (Å²) in [6.07, 6.45) is 2.58. The van der Waals surface area contributed by atoms with Crippen molar-refractivity contribution in [3.05, 3.63) is 22.5 Å². The minimum atomic E-state index is -0.588. The first-order valence-corrected chi connectivity index (χ1v) is 9.01. The summed E-state index contributed by atoms with van der Waals surface area (Å²) in [5.74, 6) is -0.850. The summed E-state index contributed by atoms with van der Waals surface area (Å²) < 4.78 is 10.5. The molecule has 0 aliphatic heterocycles. The Bertz CT molecular complexity index is 558. The van der Waals surface area contributed by atoms with Crippen molar-refractivity contribution >= 4 is 27.9 Å². The highest BCUT2D eigenvalue weighted by molar-refractivity contribution is 9.09. The number of unbranched alkanes of at least 4 members (excludes halogenated alkanes) is 1. The molecule has 0 aliphatic carbocycles. The summed E-state index contributed by atoms with van der Waals surface area (Å²) in [5.41, 5.74) is 1.53. The number of H-pyrrole nitrogens is 1. The summed E-state index contributed by atoms with van der Waals surface area (Å²) in [6.45, 7) is 9.24. The highest BCUT2D eigenvalue weighted by atomic mass is 79.9. The Hall–Kier alpha value is -1.30. The summed E-state index contributed by atoms with van der Waals surface area (Å²) in [4.78, 5) is 27.7. The zero-order chi connectivity index (χ0) is 17.6. The number of alkyl halides is 1. The number of aromatic nitrogens is 1. The molecule has 0 atom stereocenters. The summed E-state index contributed by atoms with van der Waals surface area (Å²) in [6, 6.07) is 0. The van der Waals surface area contributed by atoms with Gasteiger partial charge in [0.25, 0.3) is 0 Å². The predicted octanol–water partition coefficient (Wildman–Crippen LogP) is 4.17. The summed E-state index contributed by atoms with van der Waals surface area (Å²) in [7, 11) is 0. The number of aromatic amines is 1. The van der Waals surface area contributed by atoms with Crippen LogP contribution in [0.1, 0.15) is 72.6 Å². The first-order valence-electron chi connectivity index (χ1n) is 7.89. The number of ether oxygens (including phenoxy) is 2. The van der Waals surface area contributed by atoms with E-state index >= 15 is 0 Å². The molecular formula is C17H26BrNO4. The zero-order valence-corrected chi connectivity index (χ0v) is 16.1. The largest absolute Gasteiger partial charge is 0.462 e. The van der Waals surface area contributed by atoms with Crippen LogP contribution < -0.4 is 0 Å². The monoisotopic (exact) mass is 387 g/mol. The Kier molecular flexibility index (Phi) is 7.32. The molecule has 0 radical (unpaired) electrons. The standard InChI is InChI=1S/C17H26BrNO4/c1-6-22-15(20)13-11(2)14(16(21)23-17(3,4)5)19-12(13)9-7-8-10-18/h19H,6-10H2,1-5H3. The van der Waals surface area contributed by atoms with Crippen molar-refractivity contribution in [2.24, 2.45) is 0 Å². The van der Waals surface area contributed by atoms with E-state index in [1.807, 2.05) is 20.8 Å². The summed E-state index contributed by atoms with van der Waals surface area (Å²) in [5, 5.41) is 0.903. The maximum atomic E-state index is 12.3. The lowest BCUT2D eigenvalue weighted by Gasteiger charge is -2.19. The molecule has 1 aromatic heterocycles. The van der Waals surface area contributed by atoms with E-state index in [1.54, 1.807) is 13.8 Å². The van der Waals surface area contributed by atoms with Gasteiger partial charge in [0.1, 0.15) is 11.3 Å². The molecular weight excluding hydrogens is 362 g/mol. The van der Waals surface area contributed by atoms with Gasteiger partial charge < -0.3 is 14.5 Å². The van der Waals surface area contributed by atoms with Gasteiger partial charge in [-0.2, -0.15) is 0 Å². The first kappa shape index (κ1) is 19.7. The van der Waals surface area contributed by atoms with Gasteiger partial charge >= 0.3 is 11.9 Å². The van der Waals surface area contributed by atoms with E-state index in [0.717, 1.165) is 23.9 Å². The van der Waals surface area contributed by atoms with E-state index in [4.69, 9.17) is 9.47 Å². The molecule has 0 saturated heterocycles. The van der Waals surface area contributed by atoms with Crippen molar-refractivity contribution in [1.29, 1.82) is 0 Å². The lowest BCUT2D eigenvalue weighted by Crippen LogP contribution is -2.24. The quantitative estimate of drug-likeness (QED) is 0.432. The topological polar surface area (TPSA) is 68.4 Å². The van der Waals surface area contributed by atoms with E-state index in [9.17, 15) is 9.59 Å². The number of halogens is 1. The molecule has 0 saturated carbocycles. The molecule has 1 aromatic rings. The Morgan fingerprint density at radius 2 is 1.83 bits per heavy atom. The normalized spacial score (nSPS) is 11.4. The van der Waals surface area contributed by atoms with E-state index in [2.05, 4.69) is 20.9 Å². The van der Waals surface area contributed by atoms with Crippen molar-refractivity contribution in [3.8, 4) is 0 Å². The second-order valence-electron chi connectivity index (χ2n) is 6.35. The molecule has 0 aromatic carbocycles. The Morgan fingerprint density at radius 1 is 1.17 bits per heavy atom. The minimum Gasteiger partial charge on any atom is -0.462 e. The van der Waals surface area contributed by atoms with Crippen LogP contribution in [0.4, 0.5) is 0 Å². The maximum absolute atomic E-state index is 12.3. The van der Waals surface area contributed by atoms with Gasteiger partial charge in [-0.1, -0.05) is 15.9 Å². The minimum absolute atomic E-state index is 0.298. The molecule has 6 heteroatoms. The van der Waals surface area contributed by atoms with Crippen molar-refractivity contribution in [2.45, 2.75) is 59.5 Å². The molecule has 5 nitrogen and oxygen atoms in total. The van der Waals surface area contributed by atoms with Gasteiger partial charge in [0.05, 0.1) is 12.2 Å². The first-order chi connectivity index (χ1) is 10.7. The molecule has 0 spiro atoms. The van der Waals surface area contributed by atoms with Crippen LogP contribution in [0.3, 0.4) is 0 Å². The van der Waals surface area contributed by atoms with Gasteiger partial charge in [0.15, 0.2) is 0 Å². The highest BCUT2D eigenvalue weighted by Crippen LogP contribution is 2.23. The fourth-order valence-electron chi connectivity index (χ4n) is 2.26. The predicted molar refractivity (Wildman–Crippen MR) is 93.4 cm³/mol. The molecule has 0 amide bonds. The Balaban J connectivity index is 3.15. The second-order valence-corrected chi connectivity index (χ2v) is 7.14. The number of carbonyl (C=O) groups is 2. The summed E-state index contributed by atoms with van der Waals surface area (Å²) >= 11 is 3.40. The lowest BCUT2D eigenvalue weighted by molar-refractivity contribution is 0.00625. The molecule has 23 heavy (non-hydrogen) atoms. The third-order valence-corrected chi connectivity index (χ3v) is 3.78. The van der Waals surface area contributed by atoms with Crippen LogP contribution in [-0.2, 0) is 15.9 Å². The van der Waals surface area contributed by atoms with Crippen LogP contribution in [0.25, 0.3) is 0 Å². The number of aryl methyl sites for hydroxylation is 1. The third-order valence-electron chi connectivity index (χ3n) is 3.22. The maximum Gasteiger partial charge on any atom is 0.355 e. The van der Waals surface area contributed by atoms with E-state index in [0.29, 0.717) is 29.8 Å². The smallest absolute Gasteiger partial charge is 0.355 e. The van der Waals surface area contributed by atoms with E-state index < -0.39 is 17.5 Å². The van der Waals surface area contributed by atoms with E-state index in [-0.39, 0.29) is 0 Å². The number of hydrogen-bond donors (Lipinski definition) is 1. The molecule has 0 aliphatic rings. The van der Waals surface area contributed by atoms with Crippen LogP contribution in [0, 0.1) is 6.92 Å². The Morgan fingerprint density at radius 3 is 2.35 bits per heavy atom. The van der Waals surface area contributed by atoms with Crippen molar-refractivity contribution < 1.29 is 19.1 Å². The van der Waals surface area contributed by atoms with E-state index in [1.165, 1.54) is 0 Å². The van der Waals surface area contributed by atoms with Gasteiger partial charge in [0.2, 0.25) is 0 Å². The molecule has 0 fully saturated rings. The SMILES string of the molecule is CCOC(=O)c1c(CCCCBr)[nH]c(C(=O)OC(C)(C)C)c1C. The van der Waals surface area contributed by atoms with Gasteiger partial charge in [0, 0.05) is 11.0 Å². The third kappa shape index (κ3) is 5.68. The fourth-order valence-corrected chi connectivity index (χ4v) is 2.65. The molecule has 0 unspecified atom stereocenters. The van der Waals surface area contributed by atoms with Crippen LogP contribution in [0.5, 0.6) is 0 Å². The fraction of sp³-hybridized carbons (Fsp3) is 0.647. The number of esters is 2. The molecule has 0 bridgehead atoms. The van der Waals surface area contributed by atoms with Gasteiger partial charge in [-0.25, -0.2) is 9.59 Å². The van der Waals surface area contributed by atoms with Crippen LogP contribution >= 0.6 is 15.9 Å². The number of rotatable bonds is 7. The second kappa shape index (κ2) is 8.52. The highest BCUT2D eigenvalue weighted by Gasteiger charge is 2.27. The lowest BCUT2D eigenvalue weighted by atomic mass is 10.1. The Labute approximate surface area is 146 Å². The molecule has 1 rings (SSSR count). The van der Waals surface area contributed by atoms with Crippen molar-refractivity contribution in [2.75, 3.05) is 11.9 Å². The van der Waals surface area contributed by atoms with Crippen LogP contribution in [0.2, 0.25) is 0 Å². The van der Waals surface area contributed by atoms with Crippen LogP contribution in [0.15, 0.2) is 0 Å². The van der Waals surface area contributed by atoms with Crippen molar-refractivity contribution in [1.82, 2.24) is 4.98 Å². The molecule has 130 valence electrons. The number of nitrogens with one attached hydrogen (secondary N) is 1. The van der Waals surface area contributed by atoms with Gasteiger partial charge in [-0.3, -0.25) is 0 Å². The molecule has 1 heterocycles. The average molecular weight is 388 g/mol. The molecule has 1 N–H and O–H groups in total. The van der Waals surface area contributed by atoms with Crippen molar-refractivity contribution in [3.63, 3.8) is 0 Å². The number of carbonyl (C=O) groups excluding carboxylic acids is 2.